The fraction of sp³-hybridized carbons (Fsp3) is 0.364. The molecule has 4 rings (SSSR count). The van der Waals surface area contributed by atoms with Crippen LogP contribution in [-0.4, -0.2) is 25.6 Å². The number of benzene rings is 1. The lowest BCUT2D eigenvalue weighted by molar-refractivity contribution is 0.218. The number of primary sulfonamides is 1. The Kier molecular flexibility index (Phi) is 6.94. The number of pyridine rings is 1. The molecule has 3 N–H and O–H groups in total. The van der Waals surface area contributed by atoms with Crippen LogP contribution < -0.4 is 15.3 Å². The molecule has 0 saturated heterocycles. The number of aromatic nitrogens is 1. The van der Waals surface area contributed by atoms with Crippen molar-refractivity contribution in [3.63, 3.8) is 0 Å². The third-order valence-electron chi connectivity index (χ3n) is 5.18. The van der Waals surface area contributed by atoms with Crippen molar-refractivity contribution in [2.75, 3.05) is 7.11 Å². The summed E-state index contributed by atoms with van der Waals surface area (Å²) in [6, 6.07) is 6.48. The van der Waals surface area contributed by atoms with Crippen molar-refractivity contribution in [3.8, 4) is 5.75 Å². The Morgan fingerprint density at radius 2 is 1.91 bits per heavy atom. The number of aliphatic hydroxyl groups excluding tert-OH is 1. The zero-order valence-electron chi connectivity index (χ0n) is 18.2. The number of halogens is 1. The first-order chi connectivity index (χ1) is 15.1. The van der Waals surface area contributed by atoms with E-state index in [9.17, 15) is 13.2 Å². The fourth-order valence-electron chi connectivity index (χ4n) is 3.57. The molecule has 0 radical (unpaired) electrons. The zero-order valence-corrected chi connectivity index (χ0v) is 19.7. The van der Waals surface area contributed by atoms with Gasteiger partial charge < -0.3 is 14.3 Å². The molecule has 2 heterocycles. The van der Waals surface area contributed by atoms with Gasteiger partial charge in [-0.3, -0.25) is 4.79 Å². The smallest absolute Gasteiger partial charge is 0.259 e. The number of aliphatic hydroxyl groups is 1. The number of hydrogen-bond donors (Lipinski definition) is 2. The summed E-state index contributed by atoms with van der Waals surface area (Å²) in [6.45, 7) is 5.41. The largest absolute Gasteiger partial charge is 0.483 e. The fourth-order valence-corrected chi connectivity index (χ4v) is 4.39. The van der Waals surface area contributed by atoms with Crippen LogP contribution in [0.4, 0.5) is 0 Å². The quantitative estimate of drug-likeness (QED) is 0.531. The molecule has 172 valence electrons. The van der Waals surface area contributed by atoms with Crippen molar-refractivity contribution in [2.45, 2.75) is 50.7 Å². The molecule has 10 heteroatoms. The van der Waals surface area contributed by atoms with Gasteiger partial charge in [-0.1, -0.05) is 11.6 Å². The summed E-state index contributed by atoms with van der Waals surface area (Å²) >= 11 is 5.82. The third-order valence-corrected chi connectivity index (χ3v) is 6.22. The van der Waals surface area contributed by atoms with Crippen LogP contribution in [0.15, 0.2) is 38.5 Å². The molecule has 1 aliphatic rings. The molecule has 0 amide bonds. The number of sulfonamides is 1. The van der Waals surface area contributed by atoms with E-state index in [2.05, 4.69) is 4.98 Å². The summed E-state index contributed by atoms with van der Waals surface area (Å²) in [4.78, 5) is 16.8. The van der Waals surface area contributed by atoms with E-state index in [4.69, 9.17) is 31.0 Å². The van der Waals surface area contributed by atoms with Crippen LogP contribution in [0.2, 0.25) is 5.15 Å². The molecule has 0 aliphatic heterocycles. The summed E-state index contributed by atoms with van der Waals surface area (Å²) in [5, 5.41) is 12.3. The first kappa shape index (κ1) is 24.2. The molecule has 8 nitrogen and oxygen atoms in total. The summed E-state index contributed by atoms with van der Waals surface area (Å²) in [7, 11) is -3.15. The van der Waals surface area contributed by atoms with E-state index >= 15 is 0 Å². The summed E-state index contributed by atoms with van der Waals surface area (Å²) in [5.41, 5.74) is 2.52. The minimum Gasteiger partial charge on any atom is -0.483 e. The van der Waals surface area contributed by atoms with E-state index in [0.29, 0.717) is 27.9 Å². The Morgan fingerprint density at radius 3 is 2.50 bits per heavy atom. The predicted molar refractivity (Wildman–Crippen MR) is 122 cm³/mol. The number of ether oxygens (including phenoxy) is 1. The lowest BCUT2D eigenvalue weighted by Gasteiger charge is -2.19. The van der Waals surface area contributed by atoms with E-state index in [1.54, 1.807) is 19.9 Å². The summed E-state index contributed by atoms with van der Waals surface area (Å²) < 4.78 is 36.0. The summed E-state index contributed by atoms with van der Waals surface area (Å²) in [5.74, 6) is 0.950. The SMILES string of the molecule is CO.Cc1cc(C(C)Oc2ccc(Cl)nc2S(N)(=O)=O)c2oc(C3CC3)c(C)c(=O)c2c1. The number of rotatable bonds is 5. The first-order valence-corrected chi connectivity index (χ1v) is 11.9. The molecule has 1 saturated carbocycles. The average molecular weight is 481 g/mol. The van der Waals surface area contributed by atoms with Gasteiger partial charge in [-0.15, -0.1) is 0 Å². The minimum atomic E-state index is -4.15. The minimum absolute atomic E-state index is 0.0180. The molecule has 3 aromatic rings. The van der Waals surface area contributed by atoms with E-state index in [-0.39, 0.29) is 22.2 Å². The van der Waals surface area contributed by atoms with Crippen molar-refractivity contribution in [3.05, 3.63) is 62.1 Å². The third kappa shape index (κ3) is 4.80. The van der Waals surface area contributed by atoms with Crippen LogP contribution in [0.1, 0.15) is 54.2 Å². The van der Waals surface area contributed by atoms with Gasteiger partial charge in [0.25, 0.3) is 10.0 Å². The molecular formula is C22H25ClN2O6S. The van der Waals surface area contributed by atoms with E-state index < -0.39 is 21.2 Å². The molecule has 1 atom stereocenters. The molecule has 32 heavy (non-hydrogen) atoms. The molecule has 1 fully saturated rings. The maximum atomic E-state index is 13.0. The van der Waals surface area contributed by atoms with Crippen molar-refractivity contribution < 1.29 is 22.7 Å². The van der Waals surface area contributed by atoms with E-state index in [1.807, 2.05) is 13.0 Å². The highest BCUT2D eigenvalue weighted by Crippen LogP contribution is 2.42. The van der Waals surface area contributed by atoms with Gasteiger partial charge in [-0.2, -0.15) is 0 Å². The van der Waals surface area contributed by atoms with Crippen LogP contribution in [0.3, 0.4) is 0 Å². The van der Waals surface area contributed by atoms with Crippen molar-refractivity contribution >= 4 is 32.6 Å². The second-order valence-corrected chi connectivity index (χ2v) is 9.53. The highest BCUT2D eigenvalue weighted by Gasteiger charge is 2.30. The number of aryl methyl sites for hydroxylation is 1. The van der Waals surface area contributed by atoms with E-state index in [1.165, 1.54) is 12.1 Å². The number of fused-ring (bicyclic) bond motifs is 1. The standard InChI is InChI=1S/C21H21ClN2O5S.CH4O/c1-10-8-14(12(3)28-16-6-7-17(22)24-21(16)30(23,26)27)20-15(9-10)18(25)11(2)19(29-20)13-4-5-13;1-2/h6-9,12-13H,4-5H2,1-3H3,(H2,23,26,27);2H,1H3. The second-order valence-electron chi connectivity index (χ2n) is 7.67. The van der Waals surface area contributed by atoms with Crippen molar-refractivity contribution in [1.29, 1.82) is 0 Å². The van der Waals surface area contributed by atoms with Crippen molar-refractivity contribution in [1.82, 2.24) is 4.98 Å². The Labute approximate surface area is 191 Å². The Bertz CT molecular complexity index is 1330. The molecule has 0 spiro atoms. The van der Waals surface area contributed by atoms with Crippen LogP contribution in [0.5, 0.6) is 5.75 Å². The number of hydrogen-bond acceptors (Lipinski definition) is 7. The monoisotopic (exact) mass is 480 g/mol. The van der Waals surface area contributed by atoms with Crippen LogP contribution in [0, 0.1) is 13.8 Å². The maximum absolute atomic E-state index is 13.0. The Hall–Kier alpha value is -2.46. The second kappa shape index (κ2) is 9.19. The molecular weight excluding hydrogens is 456 g/mol. The van der Waals surface area contributed by atoms with Crippen LogP contribution in [-0.2, 0) is 10.0 Å². The van der Waals surface area contributed by atoms with E-state index in [0.717, 1.165) is 25.5 Å². The van der Waals surface area contributed by atoms with Crippen molar-refractivity contribution in [2.24, 2.45) is 5.14 Å². The lowest BCUT2D eigenvalue weighted by Crippen LogP contribution is -2.17. The number of nitrogens with two attached hydrogens (primary N) is 1. The molecule has 1 aliphatic carbocycles. The van der Waals surface area contributed by atoms with Gasteiger partial charge in [0.1, 0.15) is 22.6 Å². The topological polar surface area (TPSA) is 133 Å². The van der Waals surface area contributed by atoms with Gasteiger partial charge in [0.2, 0.25) is 5.03 Å². The molecule has 2 aromatic heterocycles. The van der Waals surface area contributed by atoms with Crippen LogP contribution >= 0.6 is 11.6 Å². The Balaban J connectivity index is 0.00000141. The normalized spacial score (nSPS) is 14.6. The van der Waals surface area contributed by atoms with Gasteiger partial charge in [0.05, 0.1) is 5.39 Å². The molecule has 1 aromatic carbocycles. The highest BCUT2D eigenvalue weighted by atomic mass is 35.5. The predicted octanol–water partition coefficient (Wildman–Crippen LogP) is 3.73. The zero-order chi connectivity index (χ0) is 23.8. The molecule has 1 unspecified atom stereocenters. The maximum Gasteiger partial charge on any atom is 0.259 e. The Morgan fingerprint density at radius 1 is 1.25 bits per heavy atom. The number of nitrogens with zero attached hydrogens (tertiary/aromatic N) is 1. The van der Waals surface area contributed by atoms with Crippen LogP contribution in [0.25, 0.3) is 11.0 Å². The average Bonchev–Trinajstić information content (AvgIpc) is 3.57. The highest BCUT2D eigenvalue weighted by molar-refractivity contribution is 7.89. The van der Waals surface area contributed by atoms with Gasteiger partial charge in [-0.25, -0.2) is 18.5 Å². The lowest BCUT2D eigenvalue weighted by atomic mass is 10.0. The molecule has 0 bridgehead atoms. The first-order valence-electron chi connectivity index (χ1n) is 9.95. The van der Waals surface area contributed by atoms with Gasteiger partial charge in [0, 0.05) is 24.2 Å². The van der Waals surface area contributed by atoms with Gasteiger partial charge in [0.15, 0.2) is 11.2 Å². The van der Waals surface area contributed by atoms with Gasteiger partial charge >= 0.3 is 0 Å². The summed E-state index contributed by atoms with van der Waals surface area (Å²) in [6.07, 6.45) is 1.35. The van der Waals surface area contributed by atoms with Gasteiger partial charge in [-0.05, 0) is 63.4 Å².